The van der Waals surface area contributed by atoms with Crippen molar-refractivity contribution in [3.05, 3.63) is 86.6 Å². The van der Waals surface area contributed by atoms with Gasteiger partial charge in [0.25, 0.3) is 11.6 Å². The summed E-state index contributed by atoms with van der Waals surface area (Å²) in [6.45, 7) is 0. The van der Waals surface area contributed by atoms with Gasteiger partial charge in [0.1, 0.15) is 28.2 Å². The first kappa shape index (κ1) is 22.6. The van der Waals surface area contributed by atoms with Gasteiger partial charge in [0.15, 0.2) is 0 Å². The Morgan fingerprint density at radius 3 is 2.59 bits per heavy atom. The standard InChI is InChI=1S/C21H11ClF3N3O4/c22-17-6-4-12(9-18(17)28(30)31)19-7-5-16(32-19)8-13(11-26)20(29)27-15-3-1-2-14(10-15)21(23,24)25/h1-10H,(H,27,29)/b13-8+. The van der Waals surface area contributed by atoms with Crippen LogP contribution in [0.5, 0.6) is 0 Å². The molecule has 1 amide bonds. The third kappa shape index (κ3) is 5.14. The van der Waals surface area contributed by atoms with E-state index in [0.29, 0.717) is 5.56 Å². The smallest absolute Gasteiger partial charge is 0.416 e. The highest BCUT2D eigenvalue weighted by Crippen LogP contribution is 2.32. The number of furan rings is 1. The highest BCUT2D eigenvalue weighted by Gasteiger charge is 2.30. The van der Waals surface area contributed by atoms with Crippen molar-refractivity contribution in [2.24, 2.45) is 0 Å². The molecule has 0 bridgehead atoms. The molecule has 0 saturated heterocycles. The van der Waals surface area contributed by atoms with Crippen LogP contribution in [0.25, 0.3) is 17.4 Å². The quantitative estimate of drug-likeness (QED) is 0.214. The second-order valence-electron chi connectivity index (χ2n) is 6.33. The van der Waals surface area contributed by atoms with Gasteiger partial charge in [-0.2, -0.15) is 18.4 Å². The number of carbonyl (C=O) groups excluding carboxylic acids is 1. The summed E-state index contributed by atoms with van der Waals surface area (Å²) in [5.74, 6) is -0.646. The number of amides is 1. The molecule has 0 aliphatic carbocycles. The molecule has 32 heavy (non-hydrogen) atoms. The Morgan fingerprint density at radius 1 is 1.19 bits per heavy atom. The molecule has 1 N–H and O–H groups in total. The maximum Gasteiger partial charge on any atom is 0.416 e. The highest BCUT2D eigenvalue weighted by atomic mass is 35.5. The monoisotopic (exact) mass is 461 g/mol. The van der Waals surface area contributed by atoms with E-state index >= 15 is 0 Å². The molecule has 0 fully saturated rings. The molecule has 0 radical (unpaired) electrons. The summed E-state index contributed by atoms with van der Waals surface area (Å²) in [5.41, 5.74) is -1.50. The van der Waals surface area contributed by atoms with Crippen molar-refractivity contribution < 1.29 is 27.3 Å². The van der Waals surface area contributed by atoms with E-state index in [9.17, 15) is 33.3 Å². The van der Waals surface area contributed by atoms with E-state index in [1.54, 1.807) is 6.07 Å². The highest BCUT2D eigenvalue weighted by molar-refractivity contribution is 6.32. The van der Waals surface area contributed by atoms with E-state index in [1.807, 2.05) is 0 Å². The van der Waals surface area contributed by atoms with Crippen LogP contribution in [-0.4, -0.2) is 10.8 Å². The van der Waals surface area contributed by atoms with E-state index in [2.05, 4.69) is 5.32 Å². The molecule has 0 atom stereocenters. The summed E-state index contributed by atoms with van der Waals surface area (Å²) >= 11 is 5.78. The second-order valence-corrected chi connectivity index (χ2v) is 6.74. The molecule has 162 valence electrons. The number of anilines is 1. The second kappa shape index (κ2) is 8.95. The Kier molecular flexibility index (Phi) is 6.32. The fraction of sp³-hybridized carbons (Fsp3) is 0.0476. The zero-order chi connectivity index (χ0) is 23.5. The Bertz CT molecular complexity index is 1280. The van der Waals surface area contributed by atoms with Crippen molar-refractivity contribution in [2.75, 3.05) is 5.32 Å². The Morgan fingerprint density at radius 2 is 1.94 bits per heavy atom. The van der Waals surface area contributed by atoms with Gasteiger partial charge >= 0.3 is 6.18 Å². The summed E-state index contributed by atoms with van der Waals surface area (Å²) in [7, 11) is 0. The number of benzene rings is 2. The molecule has 0 spiro atoms. The van der Waals surface area contributed by atoms with Crippen molar-refractivity contribution in [2.45, 2.75) is 6.18 Å². The van der Waals surface area contributed by atoms with Gasteiger partial charge in [-0.1, -0.05) is 17.7 Å². The number of nitrogens with one attached hydrogen (secondary N) is 1. The first-order chi connectivity index (χ1) is 15.1. The normalized spacial score (nSPS) is 11.7. The number of hydrogen-bond acceptors (Lipinski definition) is 5. The zero-order valence-corrected chi connectivity index (χ0v) is 16.6. The van der Waals surface area contributed by atoms with Crippen LogP contribution in [0.3, 0.4) is 0 Å². The molecule has 0 saturated carbocycles. The van der Waals surface area contributed by atoms with Crippen LogP contribution >= 0.6 is 11.6 Å². The van der Waals surface area contributed by atoms with Gasteiger partial charge in [-0.15, -0.1) is 0 Å². The number of rotatable bonds is 5. The number of nitro groups is 1. The summed E-state index contributed by atoms with van der Waals surface area (Å²) in [6, 6.07) is 12.5. The minimum Gasteiger partial charge on any atom is -0.457 e. The van der Waals surface area contributed by atoms with Gasteiger partial charge < -0.3 is 9.73 Å². The first-order valence-electron chi connectivity index (χ1n) is 8.73. The third-order valence-electron chi connectivity index (χ3n) is 4.15. The predicted molar refractivity (Wildman–Crippen MR) is 109 cm³/mol. The first-order valence-corrected chi connectivity index (χ1v) is 9.11. The lowest BCUT2D eigenvalue weighted by Crippen LogP contribution is -2.14. The number of halogens is 4. The van der Waals surface area contributed by atoms with Gasteiger partial charge in [0.05, 0.1) is 10.5 Å². The molecule has 2 aromatic carbocycles. The molecule has 0 unspecified atom stereocenters. The fourth-order valence-electron chi connectivity index (χ4n) is 2.65. The Balaban J connectivity index is 1.83. The van der Waals surface area contributed by atoms with E-state index in [0.717, 1.165) is 24.3 Å². The summed E-state index contributed by atoms with van der Waals surface area (Å²) in [4.78, 5) is 22.7. The SMILES string of the molecule is N#C/C(=C\c1ccc(-c2ccc(Cl)c([N+](=O)[O-])c2)o1)C(=O)Nc1cccc(C(F)(F)F)c1. The average molecular weight is 462 g/mol. The van der Waals surface area contributed by atoms with Gasteiger partial charge in [-0.3, -0.25) is 14.9 Å². The van der Waals surface area contributed by atoms with Crippen molar-refractivity contribution >= 4 is 35.0 Å². The number of nitro benzene ring substituents is 1. The number of carbonyl (C=O) groups is 1. The molecule has 0 aliphatic rings. The van der Waals surface area contributed by atoms with Crippen LogP contribution in [0.1, 0.15) is 11.3 Å². The van der Waals surface area contributed by atoms with Gasteiger partial charge in [-0.05, 0) is 42.5 Å². The Labute approximate surface area is 183 Å². The average Bonchev–Trinajstić information content (AvgIpc) is 3.20. The third-order valence-corrected chi connectivity index (χ3v) is 4.47. The van der Waals surface area contributed by atoms with E-state index in [1.165, 1.54) is 36.4 Å². The minimum atomic E-state index is -4.59. The minimum absolute atomic E-state index is 0.0524. The molecule has 0 aliphatic heterocycles. The van der Waals surface area contributed by atoms with Gasteiger partial charge in [0.2, 0.25) is 0 Å². The lowest BCUT2D eigenvalue weighted by Gasteiger charge is -2.09. The summed E-state index contributed by atoms with van der Waals surface area (Å²) in [5, 5.41) is 22.5. The zero-order valence-electron chi connectivity index (χ0n) is 15.8. The van der Waals surface area contributed by atoms with Crippen LogP contribution in [0.15, 0.2) is 64.6 Å². The van der Waals surface area contributed by atoms with Gasteiger partial charge in [-0.25, -0.2) is 0 Å². The molecule has 3 aromatic rings. The van der Waals surface area contributed by atoms with Gasteiger partial charge in [0, 0.05) is 23.4 Å². The molecule has 7 nitrogen and oxygen atoms in total. The van der Waals surface area contributed by atoms with Crippen molar-refractivity contribution in [3.8, 4) is 17.4 Å². The maximum atomic E-state index is 12.8. The molecule has 1 aromatic heterocycles. The number of hydrogen-bond donors (Lipinski definition) is 1. The molecule has 3 rings (SSSR count). The van der Waals surface area contributed by atoms with Crippen LogP contribution in [0.4, 0.5) is 24.5 Å². The summed E-state index contributed by atoms with van der Waals surface area (Å²) < 4.78 is 44.0. The predicted octanol–water partition coefficient (Wildman–Crippen LogP) is 6.07. The number of nitriles is 1. The van der Waals surface area contributed by atoms with E-state index in [-0.39, 0.29) is 27.9 Å². The van der Waals surface area contributed by atoms with E-state index in [4.69, 9.17) is 16.0 Å². The van der Waals surface area contributed by atoms with Crippen LogP contribution < -0.4 is 5.32 Å². The lowest BCUT2D eigenvalue weighted by molar-refractivity contribution is -0.384. The van der Waals surface area contributed by atoms with Crippen molar-refractivity contribution in [3.63, 3.8) is 0 Å². The fourth-order valence-corrected chi connectivity index (χ4v) is 2.84. The molecule has 1 heterocycles. The van der Waals surface area contributed by atoms with Crippen molar-refractivity contribution in [1.82, 2.24) is 0 Å². The van der Waals surface area contributed by atoms with Crippen molar-refractivity contribution in [1.29, 1.82) is 5.26 Å². The topological polar surface area (TPSA) is 109 Å². The van der Waals surface area contributed by atoms with Crippen LogP contribution in [0, 0.1) is 21.4 Å². The number of alkyl halides is 3. The van der Waals surface area contributed by atoms with E-state index < -0.39 is 28.1 Å². The maximum absolute atomic E-state index is 12.8. The largest absolute Gasteiger partial charge is 0.457 e. The summed E-state index contributed by atoms with van der Waals surface area (Å²) in [6.07, 6.45) is -3.49. The van der Waals surface area contributed by atoms with Crippen LogP contribution in [-0.2, 0) is 11.0 Å². The number of nitrogens with zero attached hydrogens (tertiary/aromatic N) is 2. The molecular formula is C21H11ClF3N3O4. The molecule has 11 heteroatoms. The molecular weight excluding hydrogens is 451 g/mol. The van der Waals surface area contributed by atoms with Crippen LogP contribution in [0.2, 0.25) is 5.02 Å². The lowest BCUT2D eigenvalue weighted by atomic mass is 10.1. The Hall–Kier alpha value is -4.10.